The van der Waals surface area contributed by atoms with Gasteiger partial charge in [0.1, 0.15) is 18.3 Å². The van der Waals surface area contributed by atoms with Crippen molar-refractivity contribution in [3.05, 3.63) is 87.9 Å². The van der Waals surface area contributed by atoms with E-state index in [9.17, 15) is 18.0 Å². The van der Waals surface area contributed by atoms with Crippen LogP contribution in [0.2, 0.25) is 10.0 Å². The molecule has 11 heteroatoms. The number of methoxy groups -OCH3 is 1. The zero-order valence-corrected chi connectivity index (χ0v) is 26.8. The summed E-state index contributed by atoms with van der Waals surface area (Å²) in [5, 5.41) is 3.66. The second-order valence-corrected chi connectivity index (χ2v) is 13.0. The van der Waals surface area contributed by atoms with Gasteiger partial charge in [-0.25, -0.2) is 8.42 Å². The number of sulfonamides is 1. The van der Waals surface area contributed by atoms with E-state index >= 15 is 0 Å². The molecule has 0 radical (unpaired) electrons. The Labute approximate surface area is 258 Å². The highest BCUT2D eigenvalue weighted by molar-refractivity contribution is 7.92. The van der Waals surface area contributed by atoms with Crippen molar-refractivity contribution in [2.75, 3.05) is 24.5 Å². The average Bonchev–Trinajstić information content (AvgIpc) is 2.95. The summed E-state index contributed by atoms with van der Waals surface area (Å²) in [5.74, 6) is -0.169. The number of benzene rings is 3. The largest absolute Gasteiger partial charge is 0.497 e. The summed E-state index contributed by atoms with van der Waals surface area (Å²) in [5.41, 5.74) is 1.73. The molecule has 0 aliphatic heterocycles. The molecule has 3 aromatic carbocycles. The van der Waals surface area contributed by atoms with Crippen molar-refractivity contribution < 1.29 is 22.7 Å². The van der Waals surface area contributed by atoms with Crippen LogP contribution in [0.1, 0.15) is 38.3 Å². The molecule has 226 valence electrons. The number of rotatable bonds is 13. The van der Waals surface area contributed by atoms with E-state index in [2.05, 4.69) is 5.32 Å². The number of ether oxygens (including phenoxy) is 1. The Kier molecular flexibility index (Phi) is 11.7. The number of nitrogens with zero attached hydrogens (tertiary/aromatic N) is 2. The van der Waals surface area contributed by atoms with Crippen molar-refractivity contribution in [3.8, 4) is 5.75 Å². The third kappa shape index (κ3) is 8.40. The zero-order valence-electron chi connectivity index (χ0n) is 24.4. The Bertz CT molecular complexity index is 1480. The van der Waals surface area contributed by atoms with Crippen LogP contribution in [0.4, 0.5) is 5.69 Å². The molecule has 1 atom stereocenters. The Balaban J connectivity index is 2.07. The topological polar surface area (TPSA) is 96.0 Å². The molecular weight excluding hydrogens is 597 g/mol. The molecular formula is C31H37Cl2N3O5S. The van der Waals surface area contributed by atoms with Crippen LogP contribution in [-0.4, -0.2) is 51.4 Å². The minimum atomic E-state index is -4.18. The third-order valence-corrected chi connectivity index (χ3v) is 9.05. The lowest BCUT2D eigenvalue weighted by Gasteiger charge is -2.33. The van der Waals surface area contributed by atoms with Crippen molar-refractivity contribution in [2.45, 2.75) is 51.6 Å². The number of nitrogens with one attached hydrogen (secondary N) is 1. The van der Waals surface area contributed by atoms with Crippen LogP contribution in [0.5, 0.6) is 5.75 Å². The fourth-order valence-corrected chi connectivity index (χ4v) is 6.17. The van der Waals surface area contributed by atoms with Crippen LogP contribution in [0.15, 0.2) is 71.6 Å². The van der Waals surface area contributed by atoms with Gasteiger partial charge in [-0.2, -0.15) is 0 Å². The van der Waals surface area contributed by atoms with E-state index in [-0.39, 0.29) is 29.0 Å². The van der Waals surface area contributed by atoms with Crippen LogP contribution >= 0.6 is 23.2 Å². The van der Waals surface area contributed by atoms with Gasteiger partial charge in [0.15, 0.2) is 0 Å². The van der Waals surface area contributed by atoms with Crippen LogP contribution in [0.3, 0.4) is 0 Å². The molecule has 8 nitrogen and oxygen atoms in total. The molecule has 0 heterocycles. The maximum atomic E-state index is 14.2. The molecule has 1 unspecified atom stereocenters. The van der Waals surface area contributed by atoms with Crippen molar-refractivity contribution in [1.82, 2.24) is 10.2 Å². The highest BCUT2D eigenvalue weighted by Crippen LogP contribution is 2.28. The molecule has 0 fully saturated rings. The number of carbonyl (C=O) groups excluding carboxylic acids is 2. The summed E-state index contributed by atoms with van der Waals surface area (Å²) in [6.07, 6.45) is 0.300. The van der Waals surface area contributed by atoms with E-state index in [1.807, 2.05) is 20.8 Å². The highest BCUT2D eigenvalue weighted by atomic mass is 35.5. The van der Waals surface area contributed by atoms with E-state index in [0.717, 1.165) is 9.87 Å². The minimum Gasteiger partial charge on any atom is -0.497 e. The smallest absolute Gasteiger partial charge is 0.264 e. The average molecular weight is 635 g/mol. The Morgan fingerprint density at radius 1 is 0.976 bits per heavy atom. The summed E-state index contributed by atoms with van der Waals surface area (Å²) in [6, 6.07) is 16.8. The lowest BCUT2D eigenvalue weighted by molar-refractivity contribution is -0.140. The summed E-state index contributed by atoms with van der Waals surface area (Å²) in [4.78, 5) is 28.9. The second-order valence-electron chi connectivity index (χ2n) is 10.3. The SMILES string of the molecule is CCC(C(=O)NCC(C)C)N(Cc1ccc(Cl)cc1Cl)C(=O)CN(c1ccc(OC)cc1)S(=O)(=O)c1ccc(C)cc1. The second kappa shape index (κ2) is 14.8. The van der Waals surface area contributed by atoms with Gasteiger partial charge in [-0.1, -0.05) is 67.7 Å². The van der Waals surface area contributed by atoms with Crippen molar-refractivity contribution in [2.24, 2.45) is 5.92 Å². The molecule has 0 saturated heterocycles. The predicted octanol–water partition coefficient (Wildman–Crippen LogP) is 6.09. The first-order chi connectivity index (χ1) is 19.9. The first kappa shape index (κ1) is 33.2. The number of carbonyl (C=O) groups is 2. The van der Waals surface area contributed by atoms with Gasteiger partial charge in [-0.3, -0.25) is 13.9 Å². The number of hydrogen-bond donors (Lipinski definition) is 1. The molecule has 0 spiro atoms. The molecule has 0 aliphatic rings. The lowest BCUT2D eigenvalue weighted by atomic mass is 10.1. The van der Waals surface area contributed by atoms with E-state index in [0.29, 0.717) is 34.3 Å². The minimum absolute atomic E-state index is 0.0243. The molecule has 3 rings (SSSR count). The molecule has 0 aliphatic carbocycles. The van der Waals surface area contributed by atoms with Crippen molar-refractivity contribution >= 4 is 50.7 Å². The van der Waals surface area contributed by atoms with Crippen molar-refractivity contribution in [3.63, 3.8) is 0 Å². The van der Waals surface area contributed by atoms with Crippen molar-refractivity contribution in [1.29, 1.82) is 0 Å². The summed E-state index contributed by atoms with van der Waals surface area (Å²) >= 11 is 12.6. The fourth-order valence-electron chi connectivity index (χ4n) is 4.29. The monoisotopic (exact) mass is 633 g/mol. The van der Waals surface area contributed by atoms with Gasteiger partial charge in [0.2, 0.25) is 11.8 Å². The van der Waals surface area contributed by atoms with Crippen LogP contribution < -0.4 is 14.4 Å². The van der Waals surface area contributed by atoms with Gasteiger partial charge in [-0.15, -0.1) is 0 Å². The highest BCUT2D eigenvalue weighted by Gasteiger charge is 2.34. The maximum absolute atomic E-state index is 14.2. The fraction of sp³-hybridized carbons (Fsp3) is 0.355. The lowest BCUT2D eigenvalue weighted by Crippen LogP contribution is -2.52. The van der Waals surface area contributed by atoms with Gasteiger partial charge >= 0.3 is 0 Å². The maximum Gasteiger partial charge on any atom is 0.264 e. The molecule has 0 bridgehead atoms. The van der Waals surface area contributed by atoms with E-state index in [4.69, 9.17) is 27.9 Å². The molecule has 1 N–H and O–H groups in total. The standard InChI is InChI=1S/C31H37Cl2N3O5S/c1-6-29(31(38)34-18-21(2)3)35(19-23-9-10-24(32)17-28(23)33)30(37)20-36(25-11-13-26(41-5)14-12-25)42(39,40)27-15-7-22(4)8-16-27/h7-17,21,29H,6,18-20H2,1-5H3,(H,34,38). The summed E-state index contributed by atoms with van der Waals surface area (Å²) in [6.45, 7) is 7.45. The summed E-state index contributed by atoms with van der Waals surface area (Å²) < 4.78 is 34.2. The first-order valence-corrected chi connectivity index (χ1v) is 15.8. The van der Waals surface area contributed by atoms with Gasteiger partial charge in [0.25, 0.3) is 10.0 Å². The number of hydrogen-bond acceptors (Lipinski definition) is 5. The molecule has 3 aromatic rings. The molecule has 2 amide bonds. The normalized spacial score (nSPS) is 12.1. The Morgan fingerprint density at radius 2 is 1.62 bits per heavy atom. The number of anilines is 1. The first-order valence-electron chi connectivity index (χ1n) is 13.6. The van der Waals surface area contributed by atoms with E-state index in [1.165, 1.54) is 24.1 Å². The Hall–Kier alpha value is -3.27. The zero-order chi connectivity index (χ0) is 31.0. The van der Waals surface area contributed by atoms with Crippen LogP contribution in [-0.2, 0) is 26.2 Å². The van der Waals surface area contributed by atoms with Gasteiger partial charge < -0.3 is 15.0 Å². The molecule has 0 aromatic heterocycles. The summed E-state index contributed by atoms with van der Waals surface area (Å²) in [7, 11) is -2.67. The molecule has 42 heavy (non-hydrogen) atoms. The number of aryl methyl sites for hydroxylation is 1. The van der Waals surface area contributed by atoms with Gasteiger partial charge in [0, 0.05) is 23.1 Å². The van der Waals surface area contributed by atoms with E-state index < -0.39 is 28.5 Å². The van der Waals surface area contributed by atoms with Gasteiger partial charge in [0.05, 0.1) is 17.7 Å². The third-order valence-electron chi connectivity index (χ3n) is 6.67. The van der Waals surface area contributed by atoms with Crippen LogP contribution in [0.25, 0.3) is 0 Å². The quantitative estimate of drug-likeness (QED) is 0.246. The molecule has 0 saturated carbocycles. The number of halogens is 2. The number of amides is 2. The Morgan fingerprint density at radius 3 is 2.17 bits per heavy atom. The predicted molar refractivity (Wildman–Crippen MR) is 168 cm³/mol. The van der Waals surface area contributed by atoms with Gasteiger partial charge in [-0.05, 0) is 73.4 Å². The van der Waals surface area contributed by atoms with E-state index in [1.54, 1.807) is 61.5 Å². The van der Waals surface area contributed by atoms with Crippen LogP contribution in [0, 0.1) is 12.8 Å².